The van der Waals surface area contributed by atoms with Gasteiger partial charge in [0, 0.05) is 5.92 Å². The van der Waals surface area contributed by atoms with E-state index in [4.69, 9.17) is 4.74 Å². The lowest BCUT2D eigenvalue weighted by molar-refractivity contribution is -0.0685. The van der Waals surface area contributed by atoms with Crippen LogP contribution in [0.5, 0.6) is 0 Å². The molecule has 16 heavy (non-hydrogen) atoms. The molecule has 0 aliphatic heterocycles. The van der Waals surface area contributed by atoms with E-state index in [1.165, 1.54) is 0 Å². The minimum atomic E-state index is -0.179. The summed E-state index contributed by atoms with van der Waals surface area (Å²) in [5.41, 5.74) is 0.948. The molecule has 0 saturated heterocycles. The summed E-state index contributed by atoms with van der Waals surface area (Å²) in [6, 6.07) is 10.0. The summed E-state index contributed by atoms with van der Waals surface area (Å²) in [5.74, 6) is 0.0421. The van der Waals surface area contributed by atoms with E-state index in [1.807, 2.05) is 58.0 Å². The van der Waals surface area contributed by atoms with Crippen LogP contribution in [0.2, 0.25) is 0 Å². The smallest absolute Gasteiger partial charge is 0.0644 e. The summed E-state index contributed by atoms with van der Waals surface area (Å²) in [6.07, 6.45) is 0.00685. The van der Waals surface area contributed by atoms with E-state index in [0.717, 1.165) is 5.56 Å². The summed E-state index contributed by atoms with van der Waals surface area (Å²) in [7, 11) is 0. The van der Waals surface area contributed by atoms with Gasteiger partial charge in [-0.3, -0.25) is 0 Å². The molecular formula is C14H22O2. The second kappa shape index (κ2) is 5.46. The van der Waals surface area contributed by atoms with Crippen molar-refractivity contribution in [3.05, 3.63) is 35.9 Å². The van der Waals surface area contributed by atoms with E-state index in [0.29, 0.717) is 0 Å². The van der Waals surface area contributed by atoms with E-state index in [2.05, 4.69) is 0 Å². The maximum atomic E-state index is 9.47. The summed E-state index contributed by atoms with van der Waals surface area (Å²) >= 11 is 0. The van der Waals surface area contributed by atoms with Crippen LogP contribution < -0.4 is 0 Å². The number of ether oxygens (including phenoxy) is 1. The van der Waals surface area contributed by atoms with Gasteiger partial charge in [-0.2, -0.15) is 0 Å². The zero-order chi connectivity index (χ0) is 12.2. The van der Waals surface area contributed by atoms with Crippen molar-refractivity contribution in [2.75, 3.05) is 6.61 Å². The van der Waals surface area contributed by atoms with Crippen LogP contribution in [0, 0.1) is 0 Å². The van der Waals surface area contributed by atoms with Crippen molar-refractivity contribution in [3.8, 4) is 0 Å². The Labute approximate surface area is 98.3 Å². The fraction of sp³-hybridized carbons (Fsp3) is 0.571. The minimum Gasteiger partial charge on any atom is -0.396 e. The van der Waals surface area contributed by atoms with Crippen LogP contribution >= 0.6 is 0 Å². The highest BCUT2D eigenvalue weighted by Crippen LogP contribution is 2.24. The van der Waals surface area contributed by atoms with Crippen molar-refractivity contribution >= 4 is 0 Å². The molecule has 90 valence electrons. The molecule has 0 heterocycles. The molecule has 1 aromatic rings. The van der Waals surface area contributed by atoms with Crippen molar-refractivity contribution in [1.82, 2.24) is 0 Å². The summed E-state index contributed by atoms with van der Waals surface area (Å²) < 4.78 is 5.89. The molecule has 2 heteroatoms. The van der Waals surface area contributed by atoms with E-state index in [1.54, 1.807) is 0 Å². The number of aliphatic hydroxyl groups excluding tert-OH is 1. The van der Waals surface area contributed by atoms with Crippen molar-refractivity contribution in [2.24, 2.45) is 0 Å². The Morgan fingerprint density at radius 2 is 1.75 bits per heavy atom. The van der Waals surface area contributed by atoms with Crippen LogP contribution in [-0.2, 0) is 4.74 Å². The lowest BCUT2D eigenvalue weighted by Crippen LogP contribution is -2.31. The van der Waals surface area contributed by atoms with Crippen molar-refractivity contribution < 1.29 is 9.84 Å². The number of benzene rings is 1. The van der Waals surface area contributed by atoms with Gasteiger partial charge in [0.2, 0.25) is 0 Å². The maximum absolute atomic E-state index is 9.47. The van der Waals surface area contributed by atoms with Gasteiger partial charge in [-0.25, -0.2) is 0 Å². The van der Waals surface area contributed by atoms with Crippen molar-refractivity contribution in [3.63, 3.8) is 0 Å². The molecule has 1 aromatic carbocycles. The molecule has 0 radical (unpaired) electrons. The third kappa shape index (κ3) is 3.95. The van der Waals surface area contributed by atoms with Crippen molar-refractivity contribution in [2.45, 2.75) is 45.3 Å². The van der Waals surface area contributed by atoms with Crippen LogP contribution in [0.15, 0.2) is 30.3 Å². The molecule has 0 bridgehead atoms. The van der Waals surface area contributed by atoms with Crippen LogP contribution in [0.4, 0.5) is 0 Å². The highest BCUT2D eigenvalue weighted by Gasteiger charge is 2.23. The molecule has 0 amide bonds. The quantitative estimate of drug-likeness (QED) is 0.848. The van der Waals surface area contributed by atoms with E-state index in [-0.39, 0.29) is 24.2 Å². The molecule has 0 aliphatic carbocycles. The Hall–Kier alpha value is -0.860. The zero-order valence-electron chi connectivity index (χ0n) is 10.6. The van der Waals surface area contributed by atoms with Gasteiger partial charge >= 0.3 is 0 Å². The number of hydrogen-bond donors (Lipinski definition) is 1. The molecule has 0 aliphatic rings. The minimum absolute atomic E-state index is 0.00685. The highest BCUT2D eigenvalue weighted by atomic mass is 16.5. The monoisotopic (exact) mass is 222 g/mol. The molecule has 1 N–H and O–H groups in total. The average Bonchev–Trinajstić information content (AvgIpc) is 2.17. The lowest BCUT2D eigenvalue weighted by atomic mass is 9.94. The Kier molecular flexibility index (Phi) is 4.51. The van der Waals surface area contributed by atoms with Gasteiger partial charge in [-0.1, -0.05) is 30.3 Å². The van der Waals surface area contributed by atoms with Gasteiger partial charge in [-0.05, 0) is 33.3 Å². The second-order valence-electron chi connectivity index (χ2n) is 5.14. The Balaban J connectivity index is 2.75. The molecule has 0 aromatic heterocycles. The molecular weight excluding hydrogens is 200 g/mol. The van der Waals surface area contributed by atoms with Crippen molar-refractivity contribution in [1.29, 1.82) is 0 Å². The number of aliphatic hydroxyl groups is 1. The third-order valence-corrected chi connectivity index (χ3v) is 2.53. The fourth-order valence-corrected chi connectivity index (χ4v) is 1.86. The maximum Gasteiger partial charge on any atom is 0.0644 e. The summed E-state index contributed by atoms with van der Waals surface area (Å²) in [5, 5.41) is 9.47. The van der Waals surface area contributed by atoms with Gasteiger partial charge in [-0.15, -0.1) is 0 Å². The van der Waals surface area contributed by atoms with Gasteiger partial charge in [0.25, 0.3) is 0 Å². The van der Waals surface area contributed by atoms with Gasteiger partial charge < -0.3 is 9.84 Å². The Morgan fingerprint density at radius 1 is 1.19 bits per heavy atom. The van der Waals surface area contributed by atoms with Gasteiger partial charge in [0.05, 0.1) is 18.3 Å². The normalized spacial score (nSPS) is 15.8. The molecule has 0 spiro atoms. The molecule has 0 fully saturated rings. The standard InChI is InChI=1S/C14H22O2/c1-11(16-14(2,3)4)13(10-15)12-8-6-5-7-9-12/h5-9,11,13,15H,10H2,1-4H3. The summed E-state index contributed by atoms with van der Waals surface area (Å²) in [6.45, 7) is 8.22. The first-order valence-corrected chi connectivity index (χ1v) is 5.77. The van der Waals surface area contributed by atoms with E-state index < -0.39 is 0 Å². The van der Waals surface area contributed by atoms with Crippen LogP contribution in [0.3, 0.4) is 0 Å². The van der Waals surface area contributed by atoms with Crippen LogP contribution in [-0.4, -0.2) is 23.4 Å². The topological polar surface area (TPSA) is 29.5 Å². The molecule has 2 atom stereocenters. The third-order valence-electron chi connectivity index (χ3n) is 2.53. The second-order valence-corrected chi connectivity index (χ2v) is 5.14. The average molecular weight is 222 g/mol. The first-order chi connectivity index (χ1) is 7.44. The largest absolute Gasteiger partial charge is 0.396 e. The van der Waals surface area contributed by atoms with Gasteiger partial charge in [0.15, 0.2) is 0 Å². The van der Waals surface area contributed by atoms with E-state index >= 15 is 0 Å². The molecule has 2 unspecified atom stereocenters. The first-order valence-electron chi connectivity index (χ1n) is 5.77. The predicted octanol–water partition coefficient (Wildman–Crippen LogP) is 2.97. The SMILES string of the molecule is CC(OC(C)(C)C)C(CO)c1ccccc1. The fourth-order valence-electron chi connectivity index (χ4n) is 1.86. The number of rotatable bonds is 4. The molecule has 1 rings (SSSR count). The highest BCUT2D eigenvalue weighted by molar-refractivity contribution is 5.20. The van der Waals surface area contributed by atoms with Gasteiger partial charge in [0.1, 0.15) is 0 Å². The molecule has 2 nitrogen and oxygen atoms in total. The van der Waals surface area contributed by atoms with E-state index in [9.17, 15) is 5.11 Å². The summed E-state index contributed by atoms with van der Waals surface area (Å²) in [4.78, 5) is 0. The Bertz CT molecular complexity index is 300. The predicted molar refractivity (Wildman–Crippen MR) is 66.6 cm³/mol. The lowest BCUT2D eigenvalue weighted by Gasteiger charge is -2.30. The molecule has 0 saturated carbocycles. The number of hydrogen-bond acceptors (Lipinski definition) is 2. The zero-order valence-corrected chi connectivity index (χ0v) is 10.6. The Morgan fingerprint density at radius 3 is 2.19 bits per heavy atom. The van der Waals surface area contributed by atoms with Crippen LogP contribution in [0.25, 0.3) is 0 Å². The first kappa shape index (κ1) is 13.2. The van der Waals surface area contributed by atoms with Crippen LogP contribution in [0.1, 0.15) is 39.2 Å².